The molecule has 1 N–H and O–H groups in total. The molecule has 4 aromatic rings. The highest BCUT2D eigenvalue weighted by atomic mass is 32.1. The smallest absolute Gasteiger partial charge is 0.270 e. The Kier molecular flexibility index (Phi) is 3.96. The van der Waals surface area contributed by atoms with Crippen molar-refractivity contribution in [2.24, 2.45) is 0 Å². The summed E-state index contributed by atoms with van der Waals surface area (Å²) in [6.45, 7) is 3.69. The summed E-state index contributed by atoms with van der Waals surface area (Å²) in [5.74, 6) is 0.893. The van der Waals surface area contributed by atoms with Crippen LogP contribution in [-0.2, 0) is 0 Å². The molecular weight excluding hydrogens is 352 g/mol. The first kappa shape index (κ1) is 16.3. The number of anilines is 1. The number of nitrogens with zero attached hydrogens (tertiary/aromatic N) is 3. The zero-order chi connectivity index (χ0) is 18.3. The lowest BCUT2D eigenvalue weighted by molar-refractivity contribution is 0.102. The van der Waals surface area contributed by atoms with Gasteiger partial charge in [0.1, 0.15) is 10.6 Å². The molecule has 0 bridgehead atoms. The maximum absolute atomic E-state index is 12.5. The van der Waals surface area contributed by atoms with Gasteiger partial charge < -0.3 is 9.26 Å². The van der Waals surface area contributed by atoms with Gasteiger partial charge in [0.05, 0.1) is 18.5 Å². The van der Waals surface area contributed by atoms with Gasteiger partial charge in [-0.25, -0.2) is 4.98 Å². The van der Waals surface area contributed by atoms with Gasteiger partial charge in [-0.2, -0.15) is 0 Å². The lowest BCUT2D eigenvalue weighted by atomic mass is 10.2. The van der Waals surface area contributed by atoms with Gasteiger partial charge in [-0.3, -0.25) is 14.5 Å². The van der Waals surface area contributed by atoms with Crippen molar-refractivity contribution in [3.63, 3.8) is 0 Å². The molecule has 0 saturated heterocycles. The van der Waals surface area contributed by atoms with Gasteiger partial charge in [-0.05, 0) is 38.1 Å². The Morgan fingerprint density at radius 3 is 2.65 bits per heavy atom. The Hall–Kier alpha value is -3.13. The van der Waals surface area contributed by atoms with Gasteiger partial charge >= 0.3 is 0 Å². The molecule has 0 unspecified atom stereocenters. The first-order valence-corrected chi connectivity index (χ1v) is 8.74. The Bertz CT molecular complexity index is 1090. The van der Waals surface area contributed by atoms with Crippen molar-refractivity contribution in [1.29, 1.82) is 0 Å². The zero-order valence-electron chi connectivity index (χ0n) is 14.4. The van der Waals surface area contributed by atoms with Crippen molar-refractivity contribution in [1.82, 2.24) is 14.5 Å². The molecule has 0 aliphatic carbocycles. The van der Waals surface area contributed by atoms with E-state index in [9.17, 15) is 4.79 Å². The summed E-state index contributed by atoms with van der Waals surface area (Å²) >= 11 is 1.33. The predicted octanol–water partition coefficient (Wildman–Crippen LogP) is 3.93. The summed E-state index contributed by atoms with van der Waals surface area (Å²) in [5.41, 5.74) is 3.37. The monoisotopic (exact) mass is 368 g/mol. The molecule has 4 rings (SSSR count). The third-order valence-electron chi connectivity index (χ3n) is 4.01. The van der Waals surface area contributed by atoms with E-state index in [0.29, 0.717) is 16.5 Å². The lowest BCUT2D eigenvalue weighted by Gasteiger charge is -2.01. The molecule has 0 radical (unpaired) electrons. The molecule has 3 aromatic heterocycles. The third-order valence-corrected chi connectivity index (χ3v) is 5.17. The summed E-state index contributed by atoms with van der Waals surface area (Å²) in [6, 6.07) is 9.39. The predicted molar refractivity (Wildman–Crippen MR) is 99.0 cm³/mol. The van der Waals surface area contributed by atoms with Gasteiger partial charge in [0.15, 0.2) is 4.96 Å². The van der Waals surface area contributed by atoms with E-state index in [-0.39, 0.29) is 5.91 Å². The van der Waals surface area contributed by atoms with E-state index in [0.717, 1.165) is 27.7 Å². The number of rotatable bonds is 4. The molecule has 1 amide bonds. The van der Waals surface area contributed by atoms with Crippen molar-refractivity contribution in [3.8, 4) is 17.0 Å². The number of aryl methyl sites for hydroxylation is 2. The fourth-order valence-corrected chi connectivity index (χ4v) is 3.66. The van der Waals surface area contributed by atoms with Gasteiger partial charge in [0.25, 0.3) is 5.91 Å². The van der Waals surface area contributed by atoms with E-state index in [1.165, 1.54) is 11.3 Å². The van der Waals surface area contributed by atoms with Crippen LogP contribution in [0.1, 0.15) is 21.1 Å². The van der Waals surface area contributed by atoms with E-state index < -0.39 is 0 Å². The maximum Gasteiger partial charge on any atom is 0.270 e. The highest BCUT2D eigenvalue weighted by Crippen LogP contribution is 2.28. The second kappa shape index (κ2) is 6.30. The van der Waals surface area contributed by atoms with Gasteiger partial charge in [-0.15, -0.1) is 0 Å². The quantitative estimate of drug-likeness (QED) is 0.590. The number of fused-ring (bicyclic) bond motifs is 1. The number of ether oxygens (including phenoxy) is 1. The molecule has 132 valence electrons. The first-order chi connectivity index (χ1) is 12.5. The minimum absolute atomic E-state index is 0.236. The molecule has 0 atom stereocenters. The van der Waals surface area contributed by atoms with Crippen LogP contribution in [0, 0.1) is 13.8 Å². The SMILES string of the molecule is COc1ccc(-c2cn3c(C)c(C(=O)Nc4cc(C)no4)sc3n2)cc1. The standard InChI is InChI=1S/C18H16N4O3S/c1-10-8-15(25-21-10)20-17(23)16-11(2)22-9-14(19-18(22)26-16)12-4-6-13(24-3)7-5-12/h4-9H,1-3H3,(H,20,23). The molecule has 0 spiro atoms. The van der Waals surface area contributed by atoms with Gasteiger partial charge in [-0.1, -0.05) is 16.5 Å². The minimum Gasteiger partial charge on any atom is -0.497 e. The summed E-state index contributed by atoms with van der Waals surface area (Å²) in [4.78, 5) is 18.5. The van der Waals surface area contributed by atoms with E-state index in [2.05, 4.69) is 15.5 Å². The molecule has 3 heterocycles. The van der Waals surface area contributed by atoms with Crippen molar-refractivity contribution in [2.75, 3.05) is 12.4 Å². The average molecular weight is 368 g/mol. The largest absolute Gasteiger partial charge is 0.497 e. The molecular formula is C18H16N4O3S. The van der Waals surface area contributed by atoms with Crippen molar-refractivity contribution < 1.29 is 14.1 Å². The van der Waals surface area contributed by atoms with Gasteiger partial charge in [0.2, 0.25) is 5.88 Å². The molecule has 26 heavy (non-hydrogen) atoms. The Balaban J connectivity index is 1.63. The Labute approximate surface area is 153 Å². The molecule has 1 aromatic carbocycles. The summed E-state index contributed by atoms with van der Waals surface area (Å²) in [6.07, 6.45) is 1.93. The first-order valence-electron chi connectivity index (χ1n) is 7.93. The number of imidazole rings is 1. The summed E-state index contributed by atoms with van der Waals surface area (Å²) in [7, 11) is 1.64. The normalized spacial score (nSPS) is 11.0. The van der Waals surface area contributed by atoms with E-state index >= 15 is 0 Å². The number of carbonyl (C=O) groups excluding carboxylic acids is 1. The van der Waals surface area contributed by atoms with Crippen LogP contribution in [0.15, 0.2) is 41.1 Å². The number of methoxy groups -OCH3 is 1. The Morgan fingerprint density at radius 2 is 2.04 bits per heavy atom. The average Bonchev–Trinajstić information content (AvgIpc) is 3.32. The fourth-order valence-electron chi connectivity index (χ4n) is 2.65. The molecule has 8 heteroatoms. The van der Waals surface area contributed by atoms with Crippen LogP contribution in [-0.4, -0.2) is 27.6 Å². The van der Waals surface area contributed by atoms with Gasteiger partial charge in [0, 0.05) is 23.5 Å². The number of benzene rings is 1. The minimum atomic E-state index is -0.236. The highest BCUT2D eigenvalue weighted by Gasteiger charge is 2.19. The van der Waals surface area contributed by atoms with Crippen molar-refractivity contribution in [3.05, 3.63) is 52.8 Å². The second-order valence-corrected chi connectivity index (χ2v) is 6.79. The number of thiazole rings is 1. The summed E-state index contributed by atoms with van der Waals surface area (Å²) in [5, 5.41) is 6.48. The summed E-state index contributed by atoms with van der Waals surface area (Å²) < 4.78 is 12.1. The van der Waals surface area contributed by atoms with E-state index in [1.807, 2.05) is 41.8 Å². The molecule has 7 nitrogen and oxygen atoms in total. The van der Waals surface area contributed by atoms with Crippen molar-refractivity contribution >= 4 is 28.1 Å². The van der Waals surface area contributed by atoms with Crippen LogP contribution in [0.4, 0.5) is 5.88 Å². The number of aromatic nitrogens is 3. The van der Waals surface area contributed by atoms with Crippen LogP contribution in [0.5, 0.6) is 5.75 Å². The van der Waals surface area contributed by atoms with E-state index in [4.69, 9.17) is 9.26 Å². The van der Waals surface area contributed by atoms with Crippen LogP contribution >= 0.6 is 11.3 Å². The second-order valence-electron chi connectivity index (χ2n) is 5.81. The van der Waals surface area contributed by atoms with Crippen molar-refractivity contribution in [2.45, 2.75) is 13.8 Å². The van der Waals surface area contributed by atoms with Crippen LogP contribution < -0.4 is 10.1 Å². The molecule has 0 aliphatic rings. The number of carbonyl (C=O) groups is 1. The van der Waals surface area contributed by atoms with E-state index in [1.54, 1.807) is 20.1 Å². The zero-order valence-corrected chi connectivity index (χ0v) is 15.3. The topological polar surface area (TPSA) is 81.7 Å². The molecule has 0 saturated carbocycles. The number of hydrogen-bond acceptors (Lipinski definition) is 6. The maximum atomic E-state index is 12.5. The number of nitrogens with one attached hydrogen (secondary N) is 1. The van der Waals surface area contributed by atoms with Crippen LogP contribution in [0.25, 0.3) is 16.2 Å². The number of hydrogen-bond donors (Lipinski definition) is 1. The third kappa shape index (κ3) is 2.84. The number of amides is 1. The van der Waals surface area contributed by atoms with Crippen LogP contribution in [0.3, 0.4) is 0 Å². The lowest BCUT2D eigenvalue weighted by Crippen LogP contribution is -2.11. The Morgan fingerprint density at radius 1 is 1.27 bits per heavy atom. The highest BCUT2D eigenvalue weighted by molar-refractivity contribution is 7.19. The van der Waals surface area contributed by atoms with Crippen LogP contribution in [0.2, 0.25) is 0 Å². The molecule has 0 aliphatic heterocycles. The fraction of sp³-hybridized carbons (Fsp3) is 0.167. The molecule has 0 fully saturated rings.